The summed E-state index contributed by atoms with van der Waals surface area (Å²) in [6.07, 6.45) is 4.53. The van der Waals surface area contributed by atoms with E-state index in [9.17, 15) is 21.9 Å². The predicted molar refractivity (Wildman–Crippen MR) is 157 cm³/mol. The number of benzene rings is 2. The van der Waals surface area contributed by atoms with Crippen LogP contribution in [0.1, 0.15) is 19.3 Å². The molecule has 5 rings (SSSR count). The van der Waals surface area contributed by atoms with Gasteiger partial charge < -0.3 is 19.9 Å². The van der Waals surface area contributed by atoms with Crippen LogP contribution in [0.3, 0.4) is 0 Å². The lowest BCUT2D eigenvalue weighted by Gasteiger charge is -2.38. The Bertz CT molecular complexity index is 1560. The fourth-order valence-corrected chi connectivity index (χ4v) is 7.57. The van der Waals surface area contributed by atoms with Crippen molar-refractivity contribution in [3.05, 3.63) is 73.1 Å². The summed E-state index contributed by atoms with van der Waals surface area (Å²) < 4.78 is 66.2. The van der Waals surface area contributed by atoms with E-state index in [4.69, 9.17) is 9.47 Å². The molecule has 226 valence electrons. The van der Waals surface area contributed by atoms with Crippen molar-refractivity contribution < 1.29 is 31.4 Å². The summed E-state index contributed by atoms with van der Waals surface area (Å²) in [5.74, 6) is 0.347. The summed E-state index contributed by atoms with van der Waals surface area (Å²) in [5, 5.41) is 13.7. The van der Waals surface area contributed by atoms with Gasteiger partial charge >= 0.3 is 0 Å². The van der Waals surface area contributed by atoms with Gasteiger partial charge in [-0.1, -0.05) is 24.3 Å². The molecule has 1 aromatic heterocycles. The number of sulfonamides is 2. The molecule has 3 aromatic rings. The number of pyridine rings is 1. The molecule has 0 bridgehead atoms. The first-order valence-corrected chi connectivity index (χ1v) is 16.8. The molecule has 2 unspecified atom stereocenters. The number of hydrogen-bond donors (Lipinski definition) is 3. The summed E-state index contributed by atoms with van der Waals surface area (Å²) >= 11 is 0. The highest BCUT2D eigenvalue weighted by atomic mass is 32.2. The zero-order valence-corrected chi connectivity index (χ0v) is 25.0. The molecule has 3 N–H and O–H groups in total. The first-order valence-electron chi connectivity index (χ1n) is 13.8. The molecular formula is C29H36N4O7S2. The molecule has 2 fully saturated rings. The maximum Gasteiger partial charge on any atom is 0.243 e. The van der Waals surface area contributed by atoms with Crippen LogP contribution in [0.25, 0.3) is 11.1 Å². The van der Waals surface area contributed by atoms with Crippen LogP contribution in [0.4, 0.5) is 0 Å². The second-order valence-corrected chi connectivity index (χ2v) is 14.4. The number of aliphatic hydroxyl groups is 1. The minimum absolute atomic E-state index is 0.00912. The van der Waals surface area contributed by atoms with Crippen molar-refractivity contribution >= 4 is 20.0 Å². The summed E-state index contributed by atoms with van der Waals surface area (Å²) in [7, 11) is -5.87. The van der Waals surface area contributed by atoms with Gasteiger partial charge in [0.25, 0.3) is 0 Å². The van der Waals surface area contributed by atoms with Gasteiger partial charge in [-0.25, -0.2) is 21.6 Å². The van der Waals surface area contributed by atoms with Gasteiger partial charge in [-0.05, 0) is 67.8 Å². The van der Waals surface area contributed by atoms with Crippen molar-refractivity contribution in [2.45, 2.75) is 46.8 Å². The largest absolute Gasteiger partial charge is 0.491 e. The summed E-state index contributed by atoms with van der Waals surface area (Å²) in [5.41, 5.74) is 1.44. The Labute approximate surface area is 247 Å². The van der Waals surface area contributed by atoms with Crippen LogP contribution in [0.5, 0.6) is 5.75 Å². The van der Waals surface area contributed by atoms with Crippen LogP contribution in [0.2, 0.25) is 0 Å². The van der Waals surface area contributed by atoms with Gasteiger partial charge in [0, 0.05) is 44.1 Å². The Kier molecular flexibility index (Phi) is 9.28. The minimum Gasteiger partial charge on any atom is -0.491 e. The number of piperidine rings is 1. The zero-order chi connectivity index (χ0) is 29.8. The Balaban J connectivity index is 1.08. The number of aromatic nitrogens is 1. The molecule has 42 heavy (non-hydrogen) atoms. The number of nitrogens with one attached hydrogen (secondary N) is 2. The van der Waals surface area contributed by atoms with Crippen LogP contribution in [0, 0.1) is 0 Å². The molecule has 2 aliphatic rings. The molecule has 2 atom stereocenters. The molecule has 11 nitrogen and oxygen atoms in total. The molecule has 0 aliphatic carbocycles. The normalized spacial score (nSPS) is 20.0. The van der Waals surface area contributed by atoms with Gasteiger partial charge in [-0.3, -0.25) is 4.98 Å². The van der Waals surface area contributed by atoms with E-state index in [2.05, 4.69) is 15.0 Å². The van der Waals surface area contributed by atoms with Gasteiger partial charge in [0.15, 0.2) is 0 Å². The van der Waals surface area contributed by atoms with E-state index in [1.165, 1.54) is 23.5 Å². The van der Waals surface area contributed by atoms with E-state index < -0.39 is 31.8 Å². The molecule has 2 saturated heterocycles. The minimum atomic E-state index is -3.62. The first kappa shape index (κ1) is 30.5. The second kappa shape index (κ2) is 12.8. The highest BCUT2D eigenvalue weighted by Crippen LogP contribution is 2.37. The SMILES string of the molecule is CNS(=O)(=O)c1cccc(OCC(O)CNC2COC3(CCN(S(=O)(=O)c4ccc(-c5cccnc5)cc4)CC3)C2)c1. The summed E-state index contributed by atoms with van der Waals surface area (Å²) in [6, 6.07) is 16.8. The molecule has 0 radical (unpaired) electrons. The molecule has 2 aromatic carbocycles. The smallest absolute Gasteiger partial charge is 0.243 e. The van der Waals surface area contributed by atoms with Crippen molar-refractivity contribution in [3.63, 3.8) is 0 Å². The van der Waals surface area contributed by atoms with Crippen LogP contribution in [0.15, 0.2) is 82.8 Å². The number of aliphatic hydroxyl groups excluding tert-OH is 1. The monoisotopic (exact) mass is 616 g/mol. The Morgan fingerprint density at radius 1 is 1.05 bits per heavy atom. The van der Waals surface area contributed by atoms with Gasteiger partial charge in [0.2, 0.25) is 20.0 Å². The lowest BCUT2D eigenvalue weighted by molar-refractivity contribution is -0.0312. The molecule has 0 saturated carbocycles. The fraction of sp³-hybridized carbons (Fsp3) is 0.414. The topological polar surface area (TPSA) is 147 Å². The van der Waals surface area contributed by atoms with E-state index in [0.717, 1.165) is 17.5 Å². The molecule has 13 heteroatoms. The third kappa shape index (κ3) is 7.00. The highest BCUT2D eigenvalue weighted by Gasteiger charge is 2.44. The van der Waals surface area contributed by atoms with Crippen LogP contribution in [-0.2, 0) is 24.8 Å². The summed E-state index contributed by atoms with van der Waals surface area (Å²) in [6.45, 7) is 1.48. The fourth-order valence-electron chi connectivity index (χ4n) is 5.36. The van der Waals surface area contributed by atoms with E-state index in [0.29, 0.717) is 38.3 Å². The van der Waals surface area contributed by atoms with Crippen LogP contribution < -0.4 is 14.8 Å². The number of ether oxygens (including phenoxy) is 2. The second-order valence-electron chi connectivity index (χ2n) is 10.6. The van der Waals surface area contributed by atoms with Crippen molar-refractivity contribution in [1.82, 2.24) is 19.3 Å². The molecule has 3 heterocycles. The lowest BCUT2D eigenvalue weighted by atomic mass is 9.88. The predicted octanol–water partition coefficient (Wildman–Crippen LogP) is 2.00. The summed E-state index contributed by atoms with van der Waals surface area (Å²) in [4.78, 5) is 4.47. The quantitative estimate of drug-likeness (QED) is 0.294. The molecule has 2 aliphatic heterocycles. The van der Waals surface area contributed by atoms with E-state index >= 15 is 0 Å². The Hall–Kier alpha value is -2.91. The van der Waals surface area contributed by atoms with Gasteiger partial charge in [-0.15, -0.1) is 0 Å². The van der Waals surface area contributed by atoms with Crippen molar-refractivity contribution in [2.75, 3.05) is 39.9 Å². The average Bonchev–Trinajstić information content (AvgIpc) is 3.41. The van der Waals surface area contributed by atoms with Gasteiger partial charge in [-0.2, -0.15) is 4.31 Å². The Morgan fingerprint density at radius 2 is 1.81 bits per heavy atom. The standard InChI is InChI=1S/C29H36N4O7S2/c1-30-41(35,36)28-6-2-5-26(16-28)39-21-25(34)19-32-24-17-29(40-20-24)11-14-33(15-12-29)42(37,38)27-9-7-22(8-10-27)23-4-3-13-31-18-23/h2-10,13,16,18,24-25,30,32,34H,11-12,14-15,17,19-21H2,1H3. The number of nitrogens with zero attached hydrogens (tertiary/aromatic N) is 2. The highest BCUT2D eigenvalue weighted by molar-refractivity contribution is 7.89. The zero-order valence-electron chi connectivity index (χ0n) is 23.3. The maximum absolute atomic E-state index is 13.3. The van der Waals surface area contributed by atoms with Crippen molar-refractivity contribution in [3.8, 4) is 16.9 Å². The van der Waals surface area contributed by atoms with Crippen LogP contribution >= 0.6 is 0 Å². The average molecular weight is 617 g/mol. The van der Waals surface area contributed by atoms with Crippen molar-refractivity contribution in [1.29, 1.82) is 0 Å². The van der Waals surface area contributed by atoms with Gasteiger partial charge in [0.05, 0.1) is 22.0 Å². The van der Waals surface area contributed by atoms with Crippen LogP contribution in [-0.4, -0.2) is 88.9 Å². The number of hydrogen-bond acceptors (Lipinski definition) is 9. The van der Waals surface area contributed by atoms with E-state index in [-0.39, 0.29) is 29.0 Å². The molecule has 1 spiro atoms. The number of rotatable bonds is 11. The Morgan fingerprint density at radius 3 is 2.50 bits per heavy atom. The third-order valence-electron chi connectivity index (χ3n) is 7.80. The van der Waals surface area contributed by atoms with E-state index in [1.807, 2.05) is 12.1 Å². The lowest BCUT2D eigenvalue weighted by Crippen LogP contribution is -2.47. The van der Waals surface area contributed by atoms with Crippen molar-refractivity contribution in [2.24, 2.45) is 0 Å². The maximum atomic E-state index is 13.3. The van der Waals surface area contributed by atoms with Gasteiger partial charge in [0.1, 0.15) is 18.5 Å². The third-order valence-corrected chi connectivity index (χ3v) is 11.1. The molecule has 0 amide bonds. The first-order chi connectivity index (χ1) is 20.1. The van der Waals surface area contributed by atoms with E-state index in [1.54, 1.807) is 48.8 Å². The molecular weight excluding hydrogens is 580 g/mol.